The SMILES string of the molecule is C1=CCNCC1.CC1(C)CCCNC1.CC1(C)CCNCC1.CC1CCC(C)N1.CC1CNC[C@@H](C)C1.COCC1CCCN1.C[C@@H]1CNC[C@H](C)C1.OCC1CCCN1. The molecule has 8 heterocycles. The summed E-state index contributed by atoms with van der Waals surface area (Å²) in [7, 11) is 1.75. The molecule has 7 fully saturated rings. The minimum Gasteiger partial charge on any atom is -0.395 e. The lowest BCUT2D eigenvalue weighted by molar-refractivity contribution is 0.173. The van der Waals surface area contributed by atoms with Gasteiger partial charge < -0.3 is 52.4 Å². The maximum absolute atomic E-state index is 8.50. The van der Waals surface area contributed by atoms with Gasteiger partial charge in [0.25, 0.3) is 0 Å². The first kappa shape index (κ1) is 57.4. The van der Waals surface area contributed by atoms with Crippen LogP contribution in [-0.2, 0) is 4.74 Å². The van der Waals surface area contributed by atoms with E-state index in [1.165, 1.54) is 136 Å². The van der Waals surface area contributed by atoms with E-state index in [1.807, 2.05) is 0 Å². The van der Waals surface area contributed by atoms with Gasteiger partial charge in [-0.3, -0.25) is 0 Å². The Morgan fingerprint density at radius 1 is 0.550 bits per heavy atom. The molecule has 8 rings (SSSR count). The molecular formula is C50H106N8O2. The van der Waals surface area contributed by atoms with Crippen molar-refractivity contribution in [3.63, 3.8) is 0 Å². The van der Waals surface area contributed by atoms with Crippen LogP contribution in [0.5, 0.6) is 0 Å². The minimum atomic E-state index is 0.306. The second kappa shape index (κ2) is 35.7. The highest BCUT2D eigenvalue weighted by molar-refractivity contribution is 4.88. The van der Waals surface area contributed by atoms with Gasteiger partial charge in [-0.25, -0.2) is 0 Å². The number of hydrogen-bond acceptors (Lipinski definition) is 10. The Kier molecular flexibility index (Phi) is 34.1. The molecular weight excluding hydrogens is 745 g/mol. The molecule has 0 aromatic carbocycles. The van der Waals surface area contributed by atoms with Crippen molar-refractivity contribution in [2.24, 2.45) is 34.5 Å². The number of ether oxygens (including phenoxy) is 1. The average molecular weight is 851 g/mol. The number of aliphatic hydroxyl groups excluding tert-OH is 1. The molecule has 8 aliphatic heterocycles. The molecule has 0 saturated carbocycles. The summed E-state index contributed by atoms with van der Waals surface area (Å²) in [6.45, 7) is 38.5. The molecule has 5 unspecified atom stereocenters. The largest absolute Gasteiger partial charge is 0.395 e. The Morgan fingerprint density at radius 2 is 1.08 bits per heavy atom. The number of nitrogens with one attached hydrogen (secondary N) is 8. The van der Waals surface area contributed by atoms with E-state index >= 15 is 0 Å². The van der Waals surface area contributed by atoms with Crippen LogP contribution >= 0.6 is 0 Å². The first-order valence-corrected chi connectivity index (χ1v) is 25.2. The smallest absolute Gasteiger partial charge is 0.0615 e. The van der Waals surface area contributed by atoms with E-state index in [1.54, 1.807) is 7.11 Å². The van der Waals surface area contributed by atoms with Crippen LogP contribution in [0.1, 0.15) is 153 Å². The van der Waals surface area contributed by atoms with Crippen molar-refractivity contribution in [3.8, 4) is 0 Å². The van der Waals surface area contributed by atoms with E-state index in [-0.39, 0.29) is 0 Å². The molecule has 8 atom stereocenters. The maximum atomic E-state index is 8.50. The first-order valence-electron chi connectivity index (χ1n) is 25.2. The number of piperidine rings is 4. The molecule has 10 nitrogen and oxygen atoms in total. The summed E-state index contributed by atoms with van der Waals surface area (Å²) in [6.07, 6.45) is 21.5. The second-order valence-corrected chi connectivity index (χ2v) is 21.3. The zero-order valence-corrected chi connectivity index (χ0v) is 41.7. The highest BCUT2D eigenvalue weighted by atomic mass is 16.5. The summed E-state index contributed by atoms with van der Waals surface area (Å²) >= 11 is 0. The monoisotopic (exact) mass is 851 g/mol. The molecule has 60 heavy (non-hydrogen) atoms. The predicted molar refractivity (Wildman–Crippen MR) is 262 cm³/mol. The third-order valence-electron chi connectivity index (χ3n) is 12.8. The predicted octanol–water partition coefficient (Wildman–Crippen LogP) is 7.09. The number of hydrogen-bond donors (Lipinski definition) is 9. The Hall–Kier alpha value is -0.660. The normalized spacial score (nSPS) is 32.5. The van der Waals surface area contributed by atoms with Gasteiger partial charge in [0.1, 0.15) is 0 Å². The van der Waals surface area contributed by atoms with E-state index in [4.69, 9.17) is 9.84 Å². The molecule has 9 N–H and O–H groups in total. The summed E-state index contributed by atoms with van der Waals surface area (Å²) in [5.41, 5.74) is 1.18. The van der Waals surface area contributed by atoms with Crippen LogP contribution in [0.25, 0.3) is 0 Å². The fourth-order valence-corrected chi connectivity index (χ4v) is 8.91. The Labute approximate surface area is 373 Å². The molecule has 0 aromatic rings. The molecule has 10 heteroatoms. The quantitative estimate of drug-likeness (QED) is 0.136. The highest BCUT2D eigenvalue weighted by Crippen LogP contribution is 2.26. The lowest BCUT2D eigenvalue weighted by Gasteiger charge is -2.29. The molecule has 0 aliphatic carbocycles. The standard InChI is InChI=1S/4C7H15N.C6H13NO.C6H13N.C5H11NO.C5H9N/c2*1-6-3-7(2)5-8-4-6;1-7(2)3-5-8-6-4-7;1-7(2)4-3-5-8-6-7;1-8-5-6-3-2-4-7-6;1-5-3-4-6(2)7-5;7-4-5-2-1-3-6-5;1-2-4-6-5-3-1/h2*6-8H,3-5H2,1-2H3;2*8H,3-6H2,1-2H3;6-7H,2-5H2,1H3;5-7H,3-4H2,1-2H3;5-7H,1-4H2;1-2,6H,3-5H2/t6-,7?;6-,7+;;;;;;/m0......./s1. The van der Waals surface area contributed by atoms with Gasteiger partial charge in [0.2, 0.25) is 0 Å². The Morgan fingerprint density at radius 3 is 1.30 bits per heavy atom. The second-order valence-electron chi connectivity index (χ2n) is 21.3. The van der Waals surface area contributed by atoms with Crippen LogP contribution in [0.4, 0.5) is 0 Å². The third kappa shape index (κ3) is 33.8. The van der Waals surface area contributed by atoms with Crippen molar-refractivity contribution in [1.29, 1.82) is 0 Å². The third-order valence-corrected chi connectivity index (χ3v) is 12.8. The van der Waals surface area contributed by atoms with E-state index < -0.39 is 0 Å². The summed E-state index contributed by atoms with van der Waals surface area (Å²) in [5.74, 6) is 3.61. The maximum Gasteiger partial charge on any atom is 0.0615 e. The van der Waals surface area contributed by atoms with Crippen LogP contribution in [0.2, 0.25) is 0 Å². The van der Waals surface area contributed by atoms with Crippen LogP contribution < -0.4 is 42.5 Å². The zero-order valence-electron chi connectivity index (χ0n) is 41.7. The molecule has 7 saturated heterocycles. The van der Waals surface area contributed by atoms with E-state index in [0.29, 0.717) is 29.5 Å². The molecule has 0 aromatic heterocycles. The summed E-state index contributed by atoms with van der Waals surface area (Å²) in [4.78, 5) is 0. The van der Waals surface area contributed by atoms with Crippen LogP contribution in [-0.4, -0.2) is 128 Å². The van der Waals surface area contributed by atoms with E-state index in [0.717, 1.165) is 68.4 Å². The Bertz CT molecular complexity index is 897. The van der Waals surface area contributed by atoms with Crippen molar-refractivity contribution in [2.45, 2.75) is 177 Å². The molecule has 0 spiro atoms. The molecule has 358 valence electrons. The highest BCUT2D eigenvalue weighted by Gasteiger charge is 2.21. The lowest BCUT2D eigenvalue weighted by atomic mass is 9.83. The van der Waals surface area contributed by atoms with Crippen LogP contribution in [0.3, 0.4) is 0 Å². The van der Waals surface area contributed by atoms with Crippen molar-refractivity contribution < 1.29 is 9.84 Å². The average Bonchev–Trinajstić information content (AvgIpc) is 4.02. The number of methoxy groups -OCH3 is 1. The molecule has 8 aliphatic rings. The van der Waals surface area contributed by atoms with Gasteiger partial charge in [0, 0.05) is 44.4 Å². The zero-order chi connectivity index (χ0) is 44.5. The van der Waals surface area contributed by atoms with Gasteiger partial charge in [-0.2, -0.15) is 0 Å². The minimum absolute atomic E-state index is 0.306. The first-order chi connectivity index (χ1) is 28.6. The molecule has 0 bridgehead atoms. The fraction of sp³-hybridized carbons (Fsp3) is 0.960. The lowest BCUT2D eigenvalue weighted by Crippen LogP contribution is -2.35. The Balaban J connectivity index is 0.000000343. The van der Waals surface area contributed by atoms with E-state index in [9.17, 15) is 0 Å². The molecule has 0 amide bonds. The van der Waals surface area contributed by atoms with Crippen LogP contribution in [0, 0.1) is 34.5 Å². The van der Waals surface area contributed by atoms with Crippen molar-refractivity contribution in [2.75, 3.05) is 98.9 Å². The van der Waals surface area contributed by atoms with E-state index in [2.05, 4.69) is 124 Å². The van der Waals surface area contributed by atoms with Gasteiger partial charge in [-0.1, -0.05) is 67.5 Å². The summed E-state index contributed by atoms with van der Waals surface area (Å²) in [5, 5.41) is 35.1. The van der Waals surface area contributed by atoms with Gasteiger partial charge >= 0.3 is 0 Å². The topological polar surface area (TPSA) is 126 Å². The van der Waals surface area contributed by atoms with Crippen molar-refractivity contribution >= 4 is 0 Å². The number of rotatable bonds is 3. The van der Waals surface area contributed by atoms with Gasteiger partial charge in [-0.15, -0.1) is 0 Å². The summed E-state index contributed by atoms with van der Waals surface area (Å²) in [6, 6.07) is 2.59. The fourth-order valence-electron chi connectivity index (χ4n) is 8.91. The van der Waals surface area contributed by atoms with Gasteiger partial charge in [-0.05, 0) is 197 Å². The number of aliphatic hydroxyl groups is 1. The van der Waals surface area contributed by atoms with Crippen molar-refractivity contribution in [3.05, 3.63) is 12.2 Å². The van der Waals surface area contributed by atoms with Crippen molar-refractivity contribution in [1.82, 2.24) is 42.5 Å². The molecule has 0 radical (unpaired) electrons. The van der Waals surface area contributed by atoms with Gasteiger partial charge in [0.15, 0.2) is 0 Å². The van der Waals surface area contributed by atoms with Crippen LogP contribution in [0.15, 0.2) is 12.2 Å². The summed E-state index contributed by atoms with van der Waals surface area (Å²) < 4.78 is 4.96. The van der Waals surface area contributed by atoms with Gasteiger partial charge in [0.05, 0.1) is 13.2 Å².